The molecule has 0 N–H and O–H groups in total. The fourth-order valence-electron chi connectivity index (χ4n) is 9.05. The molecule has 11 rings (SSSR count). The zero-order valence-corrected chi connectivity index (χ0v) is 30.4. The number of furan rings is 3. The molecule has 1 atom stereocenters. The van der Waals surface area contributed by atoms with Gasteiger partial charge in [0.25, 0.3) is 0 Å². The Morgan fingerprint density at radius 2 is 1.06 bits per heavy atom. The predicted molar refractivity (Wildman–Crippen MR) is 223 cm³/mol. The first-order chi connectivity index (χ1) is 26.4. The number of hydrogen-bond donors (Lipinski definition) is 0. The molecule has 7 aromatic carbocycles. The van der Waals surface area contributed by atoms with Crippen LogP contribution < -0.4 is 10.6 Å². The van der Waals surface area contributed by atoms with Gasteiger partial charge in [0.05, 0.1) is 5.41 Å². The van der Waals surface area contributed by atoms with Crippen molar-refractivity contribution in [2.75, 3.05) is 0 Å². The van der Waals surface area contributed by atoms with Crippen molar-refractivity contribution in [1.29, 1.82) is 0 Å². The molecule has 258 valence electrons. The van der Waals surface area contributed by atoms with Gasteiger partial charge in [-0.25, -0.2) is 0 Å². The van der Waals surface area contributed by atoms with Crippen molar-refractivity contribution in [3.63, 3.8) is 0 Å². The molecule has 54 heavy (non-hydrogen) atoms. The summed E-state index contributed by atoms with van der Waals surface area (Å²) in [6.07, 6.45) is 5.43. The van der Waals surface area contributed by atoms with Crippen LogP contribution in [0.5, 0.6) is 0 Å². The summed E-state index contributed by atoms with van der Waals surface area (Å²) in [7, 11) is 0. The first-order valence-corrected chi connectivity index (χ1v) is 18.7. The molecule has 0 spiro atoms. The maximum absolute atomic E-state index is 6.95. The van der Waals surface area contributed by atoms with Gasteiger partial charge in [-0.3, -0.25) is 0 Å². The van der Waals surface area contributed by atoms with Crippen LogP contribution in [-0.4, -0.2) is 0 Å². The average Bonchev–Trinajstić information content (AvgIpc) is 3.87. The highest BCUT2D eigenvalue weighted by atomic mass is 16.3. The lowest BCUT2D eigenvalue weighted by Gasteiger charge is -2.24. The van der Waals surface area contributed by atoms with E-state index in [0.29, 0.717) is 0 Å². The molecule has 0 radical (unpaired) electrons. The molecule has 0 aliphatic heterocycles. The van der Waals surface area contributed by atoms with Crippen molar-refractivity contribution < 1.29 is 13.3 Å². The van der Waals surface area contributed by atoms with E-state index in [1.165, 1.54) is 49.2 Å². The molecular weight excluding hydrogens is 661 g/mol. The van der Waals surface area contributed by atoms with Crippen LogP contribution in [0.2, 0.25) is 0 Å². The summed E-state index contributed by atoms with van der Waals surface area (Å²) in [6, 6.07) is 49.4. The van der Waals surface area contributed by atoms with Gasteiger partial charge in [-0.1, -0.05) is 121 Å². The third kappa shape index (κ3) is 4.48. The summed E-state index contributed by atoms with van der Waals surface area (Å²) in [5.74, 6) is 1.85. The van der Waals surface area contributed by atoms with E-state index in [-0.39, 0.29) is 5.41 Å². The first kappa shape index (κ1) is 31.0. The van der Waals surface area contributed by atoms with Crippen LogP contribution in [0.25, 0.3) is 100 Å². The molecule has 0 bridgehead atoms. The zero-order valence-electron chi connectivity index (χ0n) is 30.4. The Hall–Kier alpha value is -6.58. The highest BCUT2D eigenvalue weighted by Crippen LogP contribution is 2.44. The SMILES string of the molecule is Cc1c(-c2ccc3c(c2)oc2cc(-c4ccccc4)c4ccccc4c23)oc([C@]2(C)C=c3oc4cc(-c5ccccc5)c5ccccc5c4c3=CC2)c1C. The largest absolute Gasteiger partial charge is 0.460 e. The van der Waals surface area contributed by atoms with Crippen molar-refractivity contribution >= 4 is 66.6 Å². The summed E-state index contributed by atoms with van der Waals surface area (Å²) < 4.78 is 20.4. The Kier molecular flexibility index (Phi) is 6.58. The van der Waals surface area contributed by atoms with Gasteiger partial charge in [0.2, 0.25) is 0 Å². The van der Waals surface area contributed by atoms with Crippen LogP contribution in [0.3, 0.4) is 0 Å². The minimum absolute atomic E-state index is 0.387. The minimum atomic E-state index is -0.387. The molecule has 3 aromatic heterocycles. The van der Waals surface area contributed by atoms with Crippen molar-refractivity contribution in [2.45, 2.75) is 32.6 Å². The van der Waals surface area contributed by atoms with Gasteiger partial charge >= 0.3 is 0 Å². The molecule has 1 aliphatic rings. The van der Waals surface area contributed by atoms with E-state index < -0.39 is 0 Å². The van der Waals surface area contributed by atoms with Gasteiger partial charge in [0.1, 0.15) is 33.7 Å². The summed E-state index contributed by atoms with van der Waals surface area (Å²) in [6.45, 7) is 6.61. The Labute approximate surface area is 312 Å². The molecule has 1 aliphatic carbocycles. The van der Waals surface area contributed by atoms with E-state index in [4.69, 9.17) is 13.3 Å². The smallest absolute Gasteiger partial charge is 0.137 e. The van der Waals surface area contributed by atoms with E-state index >= 15 is 0 Å². The van der Waals surface area contributed by atoms with Crippen molar-refractivity contribution in [2.24, 2.45) is 0 Å². The second-order valence-electron chi connectivity index (χ2n) is 15.1. The molecule has 0 saturated carbocycles. The van der Waals surface area contributed by atoms with E-state index in [1.54, 1.807) is 0 Å². The fourth-order valence-corrected chi connectivity index (χ4v) is 9.05. The van der Waals surface area contributed by atoms with E-state index in [2.05, 4.69) is 172 Å². The number of benzene rings is 7. The average molecular weight is 697 g/mol. The lowest BCUT2D eigenvalue weighted by molar-refractivity contribution is 0.435. The molecule has 0 unspecified atom stereocenters. The van der Waals surface area contributed by atoms with Gasteiger partial charge in [-0.15, -0.1) is 0 Å². The van der Waals surface area contributed by atoms with Crippen molar-refractivity contribution in [3.8, 4) is 33.6 Å². The van der Waals surface area contributed by atoms with E-state index in [9.17, 15) is 0 Å². The van der Waals surface area contributed by atoms with E-state index in [0.717, 1.165) is 72.8 Å². The van der Waals surface area contributed by atoms with Crippen molar-refractivity contribution in [1.82, 2.24) is 0 Å². The fraction of sp³-hybridized carbons (Fsp3) is 0.0980. The summed E-state index contributed by atoms with van der Waals surface area (Å²) >= 11 is 0. The van der Waals surface area contributed by atoms with Crippen LogP contribution in [0, 0.1) is 13.8 Å². The molecule has 0 amide bonds. The van der Waals surface area contributed by atoms with Crippen LogP contribution in [0.1, 0.15) is 30.2 Å². The first-order valence-electron chi connectivity index (χ1n) is 18.7. The minimum Gasteiger partial charge on any atom is -0.460 e. The molecular formula is C51H36O3. The molecule has 0 fully saturated rings. The number of rotatable bonds is 4. The van der Waals surface area contributed by atoms with Gasteiger partial charge < -0.3 is 13.3 Å². The molecule has 3 nitrogen and oxygen atoms in total. The van der Waals surface area contributed by atoms with Gasteiger partial charge in [-0.05, 0) is 112 Å². The Balaban J connectivity index is 1.03. The lowest BCUT2D eigenvalue weighted by atomic mass is 9.79. The lowest BCUT2D eigenvalue weighted by Crippen LogP contribution is -2.33. The van der Waals surface area contributed by atoms with Crippen molar-refractivity contribution in [3.05, 3.63) is 167 Å². The Morgan fingerprint density at radius 1 is 0.481 bits per heavy atom. The monoisotopic (exact) mass is 696 g/mol. The van der Waals surface area contributed by atoms with Crippen LogP contribution in [0.4, 0.5) is 0 Å². The third-order valence-electron chi connectivity index (χ3n) is 11.8. The molecule has 0 saturated heterocycles. The quantitative estimate of drug-likeness (QED) is 0.184. The maximum Gasteiger partial charge on any atom is 0.137 e. The van der Waals surface area contributed by atoms with Crippen LogP contribution >= 0.6 is 0 Å². The summed E-state index contributed by atoms with van der Waals surface area (Å²) in [5.41, 5.74) is 11.2. The molecule has 10 aromatic rings. The highest BCUT2D eigenvalue weighted by Gasteiger charge is 2.34. The topological polar surface area (TPSA) is 39.4 Å². The third-order valence-corrected chi connectivity index (χ3v) is 11.8. The van der Waals surface area contributed by atoms with Gasteiger partial charge in [0, 0.05) is 26.9 Å². The van der Waals surface area contributed by atoms with Gasteiger partial charge in [-0.2, -0.15) is 0 Å². The standard InChI is InChI=1S/C51H36O3/c1-30-31(2)50(51(3)25-24-40-46(29-51)53-45-28-42(33-16-8-5-9-17-33)36-19-11-13-21-38(36)48(40)45)54-49(30)34-22-23-39-43(26-34)52-44-27-41(32-14-6-4-7-15-32)35-18-10-12-20-37(35)47(39)44/h4-24,26-29H,25H2,1-3H3/t51-/m0/s1. The van der Waals surface area contributed by atoms with Crippen LogP contribution in [0.15, 0.2) is 153 Å². The molecule has 3 heterocycles. The number of hydrogen-bond acceptors (Lipinski definition) is 3. The van der Waals surface area contributed by atoms with Gasteiger partial charge in [0.15, 0.2) is 0 Å². The Morgan fingerprint density at radius 3 is 1.70 bits per heavy atom. The maximum atomic E-state index is 6.95. The molecule has 3 heteroatoms. The van der Waals surface area contributed by atoms with Crippen LogP contribution in [-0.2, 0) is 5.41 Å². The zero-order chi connectivity index (χ0) is 36.1. The summed E-state index contributed by atoms with van der Waals surface area (Å²) in [5, 5.41) is 9.44. The predicted octanol–water partition coefficient (Wildman–Crippen LogP) is 12.8. The normalized spacial score (nSPS) is 15.6. The number of fused-ring (bicyclic) bond motifs is 10. The second-order valence-corrected chi connectivity index (χ2v) is 15.1. The van der Waals surface area contributed by atoms with E-state index in [1.807, 2.05) is 0 Å². The Bertz CT molecular complexity index is 3270. The second kappa shape index (κ2) is 11.5. The summed E-state index contributed by atoms with van der Waals surface area (Å²) in [4.78, 5) is 0. The highest BCUT2D eigenvalue weighted by molar-refractivity contribution is 6.22.